The van der Waals surface area contributed by atoms with Crippen molar-refractivity contribution in [2.24, 2.45) is 5.16 Å². The Balaban J connectivity index is 2.60. The quantitative estimate of drug-likeness (QED) is 0.587. The van der Waals surface area contributed by atoms with Gasteiger partial charge in [0.15, 0.2) is 0 Å². The molecule has 0 unspecified atom stereocenters. The summed E-state index contributed by atoms with van der Waals surface area (Å²) in [6.45, 7) is -1.48. The molecule has 0 aliphatic rings. The number of halogens is 3. The van der Waals surface area contributed by atoms with Gasteiger partial charge >= 0.3 is 6.18 Å². The molecule has 0 heterocycles. The third-order valence-electron chi connectivity index (χ3n) is 1.51. The Kier molecular flexibility index (Phi) is 3.89. The van der Waals surface area contributed by atoms with Crippen LogP contribution in [0.15, 0.2) is 29.4 Å². The largest absolute Gasteiger partial charge is 0.425 e. The molecule has 1 radical (unpaired) electrons. The standard InChI is InChI=1S/C10H6F3N2O/c11-10(12,13)7-16-15-6-9-4-2-1-3-8(9)5-14/h1-4H,7H2. The zero-order valence-corrected chi connectivity index (χ0v) is 7.95. The Morgan fingerprint density at radius 1 is 1.25 bits per heavy atom. The van der Waals surface area contributed by atoms with Crippen molar-refractivity contribution < 1.29 is 18.0 Å². The van der Waals surface area contributed by atoms with Crippen LogP contribution in [0.1, 0.15) is 11.1 Å². The van der Waals surface area contributed by atoms with Crippen molar-refractivity contribution in [3.8, 4) is 6.07 Å². The second-order valence-electron chi connectivity index (χ2n) is 2.75. The minimum absolute atomic E-state index is 0.266. The summed E-state index contributed by atoms with van der Waals surface area (Å²) >= 11 is 0. The van der Waals surface area contributed by atoms with Crippen molar-refractivity contribution in [2.45, 2.75) is 6.18 Å². The van der Waals surface area contributed by atoms with E-state index in [2.05, 4.69) is 16.2 Å². The first-order valence-corrected chi connectivity index (χ1v) is 4.17. The third-order valence-corrected chi connectivity index (χ3v) is 1.51. The van der Waals surface area contributed by atoms with Crippen LogP contribution in [0.3, 0.4) is 0 Å². The molecule has 0 fully saturated rings. The highest BCUT2D eigenvalue weighted by molar-refractivity contribution is 5.82. The minimum atomic E-state index is -4.43. The molecule has 0 spiro atoms. The van der Waals surface area contributed by atoms with Crippen LogP contribution in [0.5, 0.6) is 0 Å². The van der Waals surface area contributed by atoms with Crippen LogP contribution in [-0.2, 0) is 4.84 Å². The number of alkyl halides is 3. The first-order valence-electron chi connectivity index (χ1n) is 4.17. The average Bonchev–Trinajstić information content (AvgIpc) is 2.23. The summed E-state index contributed by atoms with van der Waals surface area (Å²) in [6, 6.07) is 8.09. The normalized spacial score (nSPS) is 11.4. The van der Waals surface area contributed by atoms with Crippen molar-refractivity contribution in [2.75, 3.05) is 6.61 Å². The Morgan fingerprint density at radius 2 is 1.88 bits per heavy atom. The summed E-state index contributed by atoms with van der Waals surface area (Å²) in [4.78, 5) is 3.98. The second kappa shape index (κ2) is 5.16. The predicted molar refractivity (Wildman–Crippen MR) is 49.7 cm³/mol. The molecule has 0 saturated carbocycles. The monoisotopic (exact) mass is 227 g/mol. The van der Waals surface area contributed by atoms with Gasteiger partial charge in [-0.1, -0.05) is 23.4 Å². The number of hydrogen-bond acceptors (Lipinski definition) is 3. The van der Waals surface area contributed by atoms with Gasteiger partial charge in [0.05, 0.1) is 11.6 Å². The van der Waals surface area contributed by atoms with Crippen LogP contribution in [-0.4, -0.2) is 19.0 Å². The SMILES string of the molecule is N#Cc1ccccc1/[C]=N\OCC(F)(F)F. The molecule has 1 aromatic carbocycles. The topological polar surface area (TPSA) is 45.4 Å². The van der Waals surface area contributed by atoms with E-state index in [1.165, 1.54) is 12.1 Å². The summed E-state index contributed by atoms with van der Waals surface area (Å²) < 4.78 is 35.0. The Labute approximate surface area is 89.7 Å². The zero-order chi connectivity index (χ0) is 12.0. The number of nitrogens with zero attached hydrogens (tertiary/aromatic N) is 2. The smallest absolute Gasteiger partial charge is 0.386 e. The number of hydrogen-bond donors (Lipinski definition) is 0. The van der Waals surface area contributed by atoms with Gasteiger partial charge in [-0.15, -0.1) is 0 Å². The molecule has 0 N–H and O–H groups in total. The predicted octanol–water partition coefficient (Wildman–Crippen LogP) is 2.35. The van der Waals surface area contributed by atoms with Gasteiger partial charge in [0.25, 0.3) is 0 Å². The summed E-state index contributed by atoms with van der Waals surface area (Å²) in [5.74, 6) is 0. The van der Waals surface area contributed by atoms with Gasteiger partial charge in [-0.25, -0.2) is 0 Å². The molecule has 0 bridgehead atoms. The Hall–Kier alpha value is -2.03. The maximum atomic E-state index is 11.7. The first kappa shape index (κ1) is 12.0. The van der Waals surface area contributed by atoms with Crippen LogP contribution in [0, 0.1) is 11.3 Å². The summed E-state index contributed by atoms with van der Waals surface area (Å²) in [6.07, 6.45) is -2.21. The van der Waals surface area contributed by atoms with Crippen LogP contribution in [0.4, 0.5) is 13.2 Å². The molecule has 3 nitrogen and oxygen atoms in total. The van der Waals surface area contributed by atoms with Crippen molar-refractivity contribution in [3.63, 3.8) is 0 Å². The van der Waals surface area contributed by atoms with Crippen molar-refractivity contribution in [1.29, 1.82) is 5.26 Å². The molecule has 0 aromatic heterocycles. The van der Waals surface area contributed by atoms with Gasteiger partial charge < -0.3 is 4.84 Å². The lowest BCUT2D eigenvalue weighted by Crippen LogP contribution is -2.14. The molecule has 0 aliphatic heterocycles. The zero-order valence-electron chi connectivity index (χ0n) is 7.95. The van der Waals surface area contributed by atoms with Crippen molar-refractivity contribution in [3.05, 3.63) is 35.4 Å². The lowest BCUT2D eigenvalue weighted by molar-refractivity contribution is -0.173. The third kappa shape index (κ3) is 4.00. The van der Waals surface area contributed by atoms with E-state index in [0.717, 1.165) is 0 Å². The van der Waals surface area contributed by atoms with Crippen LogP contribution in [0.25, 0.3) is 0 Å². The molecule has 16 heavy (non-hydrogen) atoms. The molecular weight excluding hydrogens is 221 g/mol. The van der Waals surface area contributed by atoms with E-state index in [-0.39, 0.29) is 11.1 Å². The maximum absolute atomic E-state index is 11.7. The maximum Gasteiger partial charge on any atom is 0.425 e. The van der Waals surface area contributed by atoms with E-state index in [1.54, 1.807) is 12.1 Å². The summed E-state index contributed by atoms with van der Waals surface area (Å²) in [5.41, 5.74) is 0.550. The molecular formula is C10H6F3N2O. The van der Waals surface area contributed by atoms with Crippen LogP contribution >= 0.6 is 0 Å². The van der Waals surface area contributed by atoms with Gasteiger partial charge in [0, 0.05) is 5.56 Å². The van der Waals surface area contributed by atoms with Gasteiger partial charge in [0.1, 0.15) is 6.21 Å². The summed E-state index contributed by atoms with van der Waals surface area (Å²) in [7, 11) is 0. The van der Waals surface area contributed by atoms with E-state index in [9.17, 15) is 13.2 Å². The highest BCUT2D eigenvalue weighted by Gasteiger charge is 2.28. The van der Waals surface area contributed by atoms with E-state index < -0.39 is 12.8 Å². The molecule has 6 heteroatoms. The molecule has 0 amide bonds. The second-order valence-corrected chi connectivity index (χ2v) is 2.75. The fourth-order valence-corrected chi connectivity index (χ4v) is 0.865. The molecule has 83 valence electrons. The van der Waals surface area contributed by atoms with Crippen molar-refractivity contribution in [1.82, 2.24) is 0 Å². The lowest BCUT2D eigenvalue weighted by Gasteiger charge is -2.02. The van der Waals surface area contributed by atoms with E-state index in [4.69, 9.17) is 5.26 Å². The average molecular weight is 227 g/mol. The molecule has 0 atom stereocenters. The summed E-state index contributed by atoms with van der Waals surface area (Å²) in [5, 5.41) is 11.7. The molecule has 1 aromatic rings. The van der Waals surface area contributed by atoms with E-state index in [1.807, 2.05) is 6.07 Å². The Bertz CT molecular complexity index is 421. The molecule has 1 rings (SSSR count). The number of rotatable bonds is 3. The van der Waals surface area contributed by atoms with Gasteiger partial charge in [-0.3, -0.25) is 0 Å². The molecule has 0 aliphatic carbocycles. The molecule has 0 saturated heterocycles. The Morgan fingerprint density at radius 3 is 2.44 bits per heavy atom. The van der Waals surface area contributed by atoms with Crippen LogP contribution in [0.2, 0.25) is 0 Å². The minimum Gasteiger partial charge on any atom is -0.386 e. The highest BCUT2D eigenvalue weighted by atomic mass is 19.4. The van der Waals surface area contributed by atoms with E-state index in [0.29, 0.717) is 0 Å². The van der Waals surface area contributed by atoms with Gasteiger partial charge in [-0.2, -0.15) is 18.4 Å². The lowest BCUT2D eigenvalue weighted by atomic mass is 10.1. The van der Waals surface area contributed by atoms with E-state index >= 15 is 0 Å². The highest BCUT2D eigenvalue weighted by Crippen LogP contribution is 2.14. The fourth-order valence-electron chi connectivity index (χ4n) is 0.865. The van der Waals surface area contributed by atoms with Crippen LogP contribution < -0.4 is 0 Å². The fraction of sp³-hybridized carbons (Fsp3) is 0.200. The number of benzene rings is 1. The number of nitriles is 1. The first-order chi connectivity index (χ1) is 7.53. The van der Waals surface area contributed by atoms with Crippen molar-refractivity contribution >= 4 is 6.21 Å². The van der Waals surface area contributed by atoms with Gasteiger partial charge in [0.2, 0.25) is 6.61 Å². The van der Waals surface area contributed by atoms with Gasteiger partial charge in [-0.05, 0) is 6.07 Å².